The highest BCUT2D eigenvalue weighted by Gasteiger charge is 2.40. The van der Waals surface area contributed by atoms with Gasteiger partial charge in [0, 0.05) is 4.92 Å². The summed E-state index contributed by atoms with van der Waals surface area (Å²) in [5, 5.41) is 10.7. The molecule has 78 valence electrons. The quantitative estimate of drug-likeness (QED) is 0.543. The molecule has 1 atom stereocenters. The summed E-state index contributed by atoms with van der Waals surface area (Å²) in [6.45, 7) is 0. The van der Waals surface area contributed by atoms with Gasteiger partial charge in [-0.1, -0.05) is 18.2 Å². The van der Waals surface area contributed by atoms with Gasteiger partial charge in [0.2, 0.25) is 0 Å². The highest BCUT2D eigenvalue weighted by molar-refractivity contribution is 5.93. The van der Waals surface area contributed by atoms with E-state index in [0.717, 1.165) is 10.5 Å². The normalized spacial score (nSPS) is 18.7. The molecule has 1 aliphatic rings. The summed E-state index contributed by atoms with van der Waals surface area (Å²) in [7, 11) is 0. The minimum absolute atomic E-state index is 0.214. The van der Waals surface area contributed by atoms with E-state index in [1.54, 1.807) is 24.3 Å². The van der Waals surface area contributed by atoms with Crippen molar-refractivity contribution >= 4 is 11.7 Å². The van der Waals surface area contributed by atoms with E-state index in [1.165, 1.54) is 0 Å². The Balaban J connectivity index is 2.46. The van der Waals surface area contributed by atoms with Crippen LogP contribution in [-0.2, 0) is 6.42 Å². The Morgan fingerprint density at radius 2 is 2.20 bits per heavy atom. The average Bonchev–Trinajstić information content (AvgIpc) is 2.56. The van der Waals surface area contributed by atoms with Crippen molar-refractivity contribution in [2.75, 3.05) is 4.90 Å². The lowest BCUT2D eigenvalue weighted by Crippen LogP contribution is -2.45. The van der Waals surface area contributed by atoms with Crippen LogP contribution < -0.4 is 10.6 Å². The van der Waals surface area contributed by atoms with Crippen LogP contribution in [0.4, 0.5) is 10.5 Å². The largest absolute Gasteiger partial charge is 0.351 e. The van der Waals surface area contributed by atoms with E-state index in [1.807, 2.05) is 0 Å². The number of carbonyl (C=O) groups is 1. The topological polar surface area (TPSA) is 89.5 Å². The molecule has 2 amide bonds. The number of carbonyl (C=O) groups excluding carboxylic acids is 1. The van der Waals surface area contributed by atoms with Gasteiger partial charge in [-0.25, -0.2) is 9.69 Å². The van der Waals surface area contributed by atoms with Crippen LogP contribution in [0, 0.1) is 10.1 Å². The molecule has 0 fully saturated rings. The van der Waals surface area contributed by atoms with Gasteiger partial charge in [0.05, 0.1) is 12.1 Å². The molecule has 1 aliphatic heterocycles. The van der Waals surface area contributed by atoms with E-state index in [2.05, 4.69) is 0 Å². The van der Waals surface area contributed by atoms with Gasteiger partial charge in [0.25, 0.3) is 6.17 Å². The maximum Gasteiger partial charge on any atom is 0.324 e. The number of hydrogen-bond acceptors (Lipinski definition) is 3. The van der Waals surface area contributed by atoms with Gasteiger partial charge in [-0.3, -0.25) is 10.1 Å². The highest BCUT2D eigenvalue weighted by Crippen LogP contribution is 2.31. The molecule has 1 unspecified atom stereocenters. The first-order valence-electron chi connectivity index (χ1n) is 4.41. The van der Waals surface area contributed by atoms with Crippen molar-refractivity contribution < 1.29 is 9.72 Å². The average molecular weight is 207 g/mol. The molecule has 15 heavy (non-hydrogen) atoms. The smallest absolute Gasteiger partial charge is 0.324 e. The molecular formula is C9H9N3O3. The van der Waals surface area contributed by atoms with Crippen molar-refractivity contribution in [1.82, 2.24) is 0 Å². The van der Waals surface area contributed by atoms with E-state index in [0.29, 0.717) is 5.69 Å². The molecule has 0 aliphatic carbocycles. The Labute approximate surface area is 85.4 Å². The fourth-order valence-electron chi connectivity index (χ4n) is 1.80. The van der Waals surface area contributed by atoms with Crippen molar-refractivity contribution in [2.45, 2.75) is 12.6 Å². The minimum Gasteiger partial charge on any atom is -0.351 e. The molecule has 1 heterocycles. The van der Waals surface area contributed by atoms with Crippen LogP contribution in [0.15, 0.2) is 24.3 Å². The Hall–Kier alpha value is -2.11. The van der Waals surface area contributed by atoms with Gasteiger partial charge >= 0.3 is 6.03 Å². The second kappa shape index (κ2) is 3.23. The van der Waals surface area contributed by atoms with Crippen LogP contribution in [0.3, 0.4) is 0 Å². The summed E-state index contributed by atoms with van der Waals surface area (Å²) < 4.78 is 0. The van der Waals surface area contributed by atoms with E-state index in [9.17, 15) is 14.9 Å². The van der Waals surface area contributed by atoms with Crippen molar-refractivity contribution in [1.29, 1.82) is 0 Å². The van der Waals surface area contributed by atoms with Crippen molar-refractivity contribution in [3.63, 3.8) is 0 Å². The zero-order valence-corrected chi connectivity index (χ0v) is 7.79. The van der Waals surface area contributed by atoms with Crippen LogP contribution in [0.2, 0.25) is 0 Å². The van der Waals surface area contributed by atoms with Gasteiger partial charge in [-0.05, 0) is 11.6 Å². The first-order chi connectivity index (χ1) is 7.11. The monoisotopic (exact) mass is 207 g/mol. The van der Waals surface area contributed by atoms with Crippen molar-refractivity contribution in [3.8, 4) is 0 Å². The Morgan fingerprint density at radius 1 is 1.53 bits per heavy atom. The number of fused-ring (bicyclic) bond motifs is 1. The standard InChI is InChI=1S/C9H9N3O3/c10-9(13)11-7-4-2-1-3-6(7)5-8(11)12(14)15/h1-4,8H,5H2,(H2,10,13). The third kappa shape index (κ3) is 1.39. The predicted octanol–water partition coefficient (Wildman–Crippen LogP) is 0.731. The SMILES string of the molecule is NC(=O)N1c2ccccc2CC1[N+](=O)[O-]. The van der Waals surface area contributed by atoms with Gasteiger partial charge in [-0.15, -0.1) is 0 Å². The molecule has 2 N–H and O–H groups in total. The zero-order chi connectivity index (χ0) is 11.0. The number of nitro groups is 1. The summed E-state index contributed by atoms with van der Waals surface area (Å²) in [5.74, 6) is 0. The number of anilines is 1. The number of hydrogen-bond donors (Lipinski definition) is 1. The number of rotatable bonds is 1. The number of amides is 2. The Morgan fingerprint density at radius 3 is 2.80 bits per heavy atom. The first kappa shape index (κ1) is 9.45. The van der Waals surface area contributed by atoms with Gasteiger partial charge in [-0.2, -0.15) is 0 Å². The molecule has 6 heteroatoms. The number of nitrogens with two attached hydrogens (primary N) is 1. The summed E-state index contributed by atoms with van der Waals surface area (Å²) in [6.07, 6.45) is -0.855. The van der Waals surface area contributed by atoms with Crippen LogP contribution in [0.25, 0.3) is 0 Å². The maximum atomic E-state index is 11.1. The predicted molar refractivity (Wildman–Crippen MR) is 53.0 cm³/mol. The van der Waals surface area contributed by atoms with Crippen LogP contribution in [0.1, 0.15) is 5.56 Å². The Bertz CT molecular complexity index is 432. The molecule has 0 saturated heterocycles. The van der Waals surface area contributed by atoms with Crippen LogP contribution >= 0.6 is 0 Å². The molecule has 6 nitrogen and oxygen atoms in total. The zero-order valence-electron chi connectivity index (χ0n) is 7.79. The summed E-state index contributed by atoms with van der Waals surface area (Å²) >= 11 is 0. The summed E-state index contributed by atoms with van der Waals surface area (Å²) in [5.41, 5.74) is 6.43. The van der Waals surface area contributed by atoms with Crippen molar-refractivity contribution in [3.05, 3.63) is 39.9 Å². The highest BCUT2D eigenvalue weighted by atomic mass is 16.6. The van der Waals surface area contributed by atoms with E-state index in [4.69, 9.17) is 5.73 Å². The molecule has 0 spiro atoms. The summed E-state index contributed by atoms with van der Waals surface area (Å²) in [4.78, 5) is 22.4. The third-order valence-electron chi connectivity index (χ3n) is 2.43. The number of benzene rings is 1. The fourth-order valence-corrected chi connectivity index (χ4v) is 1.80. The second-order valence-electron chi connectivity index (χ2n) is 3.31. The van der Waals surface area contributed by atoms with Crippen LogP contribution in [-0.4, -0.2) is 17.1 Å². The molecule has 2 rings (SSSR count). The van der Waals surface area contributed by atoms with E-state index in [-0.39, 0.29) is 6.42 Å². The molecule has 1 aromatic rings. The van der Waals surface area contributed by atoms with E-state index < -0.39 is 17.1 Å². The second-order valence-corrected chi connectivity index (χ2v) is 3.31. The molecule has 1 aromatic carbocycles. The lowest BCUT2D eigenvalue weighted by molar-refractivity contribution is -0.517. The van der Waals surface area contributed by atoms with Crippen LogP contribution in [0.5, 0.6) is 0 Å². The van der Waals surface area contributed by atoms with Gasteiger partial charge in [0.1, 0.15) is 0 Å². The number of para-hydroxylation sites is 1. The third-order valence-corrected chi connectivity index (χ3v) is 2.43. The molecule has 0 radical (unpaired) electrons. The van der Waals surface area contributed by atoms with Gasteiger partial charge < -0.3 is 5.73 Å². The maximum absolute atomic E-state index is 11.1. The molecule has 0 saturated carbocycles. The van der Waals surface area contributed by atoms with Gasteiger partial charge in [0.15, 0.2) is 0 Å². The number of primary amides is 1. The fraction of sp³-hybridized carbons (Fsp3) is 0.222. The molecular weight excluding hydrogens is 198 g/mol. The lowest BCUT2D eigenvalue weighted by Gasteiger charge is -2.16. The Kier molecular flexibility index (Phi) is 2.03. The summed E-state index contributed by atoms with van der Waals surface area (Å²) in [6, 6.07) is 6.12. The lowest BCUT2D eigenvalue weighted by atomic mass is 10.1. The van der Waals surface area contributed by atoms with Crippen molar-refractivity contribution in [2.24, 2.45) is 5.73 Å². The first-order valence-corrected chi connectivity index (χ1v) is 4.41. The molecule has 0 aromatic heterocycles. The molecule has 0 bridgehead atoms. The van der Waals surface area contributed by atoms with E-state index >= 15 is 0 Å². The number of nitrogens with zero attached hydrogens (tertiary/aromatic N) is 2. The number of urea groups is 1. The minimum atomic E-state index is -1.07.